The molecule has 2 N–H and O–H groups in total. The highest BCUT2D eigenvalue weighted by Crippen LogP contribution is 2.24. The van der Waals surface area contributed by atoms with Crippen molar-refractivity contribution in [2.45, 2.75) is 40.2 Å². The molecule has 4 nitrogen and oxygen atoms in total. The largest absolute Gasteiger partial charge is 0.396 e. The third-order valence-corrected chi connectivity index (χ3v) is 4.39. The highest BCUT2D eigenvalue weighted by Gasteiger charge is 2.24. The van der Waals surface area contributed by atoms with Crippen LogP contribution in [-0.4, -0.2) is 27.6 Å². The molecule has 2 heterocycles. The minimum Gasteiger partial charge on any atom is -0.396 e. The molecule has 0 aromatic carbocycles. The number of aliphatic hydroxyl groups is 1. The molecule has 2 rings (SSSR count). The maximum absolute atomic E-state index is 9.58. The Kier molecular flexibility index (Phi) is 4.78. The van der Waals surface area contributed by atoms with Gasteiger partial charge in [0, 0.05) is 31.3 Å². The van der Waals surface area contributed by atoms with Crippen LogP contribution in [0.4, 0.5) is 0 Å². The molecule has 4 heteroatoms. The molecule has 0 aliphatic carbocycles. The number of aliphatic hydroxyl groups excluding tert-OH is 1. The smallest absolute Gasteiger partial charge is 0.137 e. The predicted octanol–water partition coefficient (Wildman–Crippen LogP) is 2.53. The molecule has 0 aliphatic rings. The Hall–Kier alpha value is -1.39. The molecule has 20 heavy (non-hydrogen) atoms. The van der Waals surface area contributed by atoms with E-state index in [-0.39, 0.29) is 12.0 Å². The van der Waals surface area contributed by atoms with E-state index in [2.05, 4.69) is 53.8 Å². The summed E-state index contributed by atoms with van der Waals surface area (Å²) in [5.74, 6) is 0. The summed E-state index contributed by atoms with van der Waals surface area (Å²) < 4.78 is 2.11. The maximum atomic E-state index is 9.58. The first kappa shape index (κ1) is 15.0. The van der Waals surface area contributed by atoms with E-state index in [1.165, 1.54) is 5.56 Å². The first-order valence-corrected chi connectivity index (χ1v) is 7.38. The van der Waals surface area contributed by atoms with Gasteiger partial charge in [0.15, 0.2) is 0 Å². The summed E-state index contributed by atoms with van der Waals surface area (Å²) in [7, 11) is 0. The van der Waals surface area contributed by atoms with E-state index in [4.69, 9.17) is 0 Å². The van der Waals surface area contributed by atoms with Crippen molar-refractivity contribution < 1.29 is 5.11 Å². The Morgan fingerprint density at radius 2 is 2.10 bits per heavy atom. The van der Waals surface area contributed by atoms with Gasteiger partial charge in [-0.15, -0.1) is 0 Å². The summed E-state index contributed by atoms with van der Waals surface area (Å²) in [4.78, 5) is 4.43. The molecule has 0 saturated carbocycles. The number of aromatic nitrogens is 2. The third kappa shape index (κ3) is 3.02. The van der Waals surface area contributed by atoms with Crippen LogP contribution in [0.1, 0.15) is 37.9 Å². The van der Waals surface area contributed by atoms with Crippen molar-refractivity contribution in [2.75, 3.05) is 13.2 Å². The van der Waals surface area contributed by atoms with E-state index < -0.39 is 0 Å². The van der Waals surface area contributed by atoms with E-state index in [1.807, 2.05) is 6.20 Å². The fourth-order valence-corrected chi connectivity index (χ4v) is 2.50. The zero-order valence-corrected chi connectivity index (χ0v) is 12.7. The van der Waals surface area contributed by atoms with Gasteiger partial charge in [-0.05, 0) is 37.5 Å². The van der Waals surface area contributed by atoms with Gasteiger partial charge in [-0.1, -0.05) is 13.8 Å². The molecule has 0 unspecified atom stereocenters. The number of nitrogens with one attached hydrogen (secondary N) is 1. The maximum Gasteiger partial charge on any atom is 0.137 e. The summed E-state index contributed by atoms with van der Waals surface area (Å²) in [6.07, 6.45) is 5.95. The Bertz CT molecular complexity index is 550. The van der Waals surface area contributed by atoms with Crippen LogP contribution in [0.5, 0.6) is 0 Å². The van der Waals surface area contributed by atoms with Gasteiger partial charge in [-0.3, -0.25) is 0 Å². The van der Waals surface area contributed by atoms with Crippen molar-refractivity contribution in [3.8, 4) is 0 Å². The quantitative estimate of drug-likeness (QED) is 0.816. The summed E-state index contributed by atoms with van der Waals surface area (Å²) in [6.45, 7) is 8.18. The molecule has 0 bridgehead atoms. The lowest BCUT2D eigenvalue weighted by Gasteiger charge is -2.29. The minimum absolute atomic E-state index is 0.00290. The lowest BCUT2D eigenvalue weighted by atomic mass is 9.83. The molecule has 0 atom stereocenters. The van der Waals surface area contributed by atoms with Crippen molar-refractivity contribution in [1.82, 2.24) is 14.7 Å². The fourth-order valence-electron chi connectivity index (χ4n) is 2.50. The number of rotatable bonds is 7. The molecule has 110 valence electrons. The molecule has 2 aromatic rings. The van der Waals surface area contributed by atoms with Crippen LogP contribution in [0, 0.1) is 12.3 Å². The van der Waals surface area contributed by atoms with Crippen LogP contribution >= 0.6 is 0 Å². The highest BCUT2D eigenvalue weighted by atomic mass is 16.3. The van der Waals surface area contributed by atoms with Crippen molar-refractivity contribution in [3.05, 3.63) is 35.8 Å². The zero-order chi connectivity index (χ0) is 14.6. The average Bonchev–Trinajstić information content (AvgIpc) is 2.86. The normalized spacial score (nSPS) is 12.2. The van der Waals surface area contributed by atoms with Gasteiger partial charge in [-0.2, -0.15) is 0 Å². The number of imidazole rings is 1. The van der Waals surface area contributed by atoms with Crippen LogP contribution in [-0.2, 0) is 6.54 Å². The van der Waals surface area contributed by atoms with Gasteiger partial charge < -0.3 is 14.8 Å². The monoisotopic (exact) mass is 275 g/mol. The van der Waals surface area contributed by atoms with Gasteiger partial charge in [0.05, 0.1) is 11.9 Å². The molecule has 0 spiro atoms. The molecule has 0 aliphatic heterocycles. The SMILES string of the molecule is CCC(CC)(CO)CNCc1cnc2cc(C)ccn12. The fraction of sp³-hybridized carbons (Fsp3) is 0.562. The van der Waals surface area contributed by atoms with Gasteiger partial charge in [0.1, 0.15) is 5.65 Å². The van der Waals surface area contributed by atoms with Crippen LogP contribution in [0.25, 0.3) is 5.65 Å². The Balaban J connectivity index is 2.03. The zero-order valence-electron chi connectivity index (χ0n) is 12.7. The molecule has 0 amide bonds. The number of nitrogens with zero attached hydrogens (tertiary/aromatic N) is 2. The Labute approximate surface area is 120 Å². The lowest BCUT2D eigenvalue weighted by molar-refractivity contribution is 0.113. The van der Waals surface area contributed by atoms with Crippen LogP contribution in [0.2, 0.25) is 0 Å². The van der Waals surface area contributed by atoms with Gasteiger partial charge in [0.2, 0.25) is 0 Å². The first-order valence-electron chi connectivity index (χ1n) is 7.38. The second kappa shape index (κ2) is 6.37. The second-order valence-corrected chi connectivity index (χ2v) is 5.65. The van der Waals surface area contributed by atoms with E-state index in [1.54, 1.807) is 0 Å². The Morgan fingerprint density at radius 3 is 2.75 bits per heavy atom. The van der Waals surface area contributed by atoms with E-state index in [0.29, 0.717) is 0 Å². The molecular formula is C16H25N3O. The number of hydrogen-bond donors (Lipinski definition) is 2. The molecule has 0 radical (unpaired) electrons. The Morgan fingerprint density at radius 1 is 1.35 bits per heavy atom. The second-order valence-electron chi connectivity index (χ2n) is 5.65. The van der Waals surface area contributed by atoms with Crippen molar-refractivity contribution in [1.29, 1.82) is 0 Å². The van der Waals surface area contributed by atoms with Gasteiger partial charge >= 0.3 is 0 Å². The molecule has 2 aromatic heterocycles. The topological polar surface area (TPSA) is 49.6 Å². The third-order valence-electron chi connectivity index (χ3n) is 4.39. The van der Waals surface area contributed by atoms with Crippen LogP contribution < -0.4 is 5.32 Å². The van der Waals surface area contributed by atoms with Gasteiger partial charge in [-0.25, -0.2) is 4.98 Å². The molecular weight excluding hydrogens is 250 g/mol. The van der Waals surface area contributed by atoms with Crippen molar-refractivity contribution in [2.24, 2.45) is 5.41 Å². The number of pyridine rings is 1. The lowest BCUT2D eigenvalue weighted by Crippen LogP contribution is -2.36. The summed E-state index contributed by atoms with van der Waals surface area (Å²) in [6, 6.07) is 4.17. The molecule has 0 saturated heterocycles. The van der Waals surface area contributed by atoms with Crippen LogP contribution in [0.3, 0.4) is 0 Å². The van der Waals surface area contributed by atoms with Crippen molar-refractivity contribution in [3.63, 3.8) is 0 Å². The predicted molar refractivity (Wildman–Crippen MR) is 81.7 cm³/mol. The standard InChI is InChI=1S/C16H25N3O/c1-4-16(5-2,12-20)11-17-9-14-10-18-15-8-13(3)6-7-19(14)15/h6-8,10,17,20H,4-5,9,11-12H2,1-3H3. The van der Waals surface area contributed by atoms with Crippen LogP contribution in [0.15, 0.2) is 24.5 Å². The first-order chi connectivity index (χ1) is 9.64. The van der Waals surface area contributed by atoms with Gasteiger partial charge in [0.25, 0.3) is 0 Å². The number of aryl methyl sites for hydroxylation is 1. The molecule has 0 fully saturated rings. The summed E-state index contributed by atoms with van der Waals surface area (Å²) in [5, 5.41) is 13.0. The average molecular weight is 275 g/mol. The van der Waals surface area contributed by atoms with E-state index in [9.17, 15) is 5.11 Å². The number of fused-ring (bicyclic) bond motifs is 1. The van der Waals surface area contributed by atoms with E-state index >= 15 is 0 Å². The van der Waals surface area contributed by atoms with E-state index in [0.717, 1.165) is 37.3 Å². The summed E-state index contributed by atoms with van der Waals surface area (Å²) >= 11 is 0. The highest BCUT2D eigenvalue weighted by molar-refractivity contribution is 5.42. The van der Waals surface area contributed by atoms with Crippen molar-refractivity contribution >= 4 is 5.65 Å². The summed E-state index contributed by atoms with van der Waals surface area (Å²) in [5.41, 5.74) is 3.36. The minimum atomic E-state index is -0.00290. The number of hydrogen-bond acceptors (Lipinski definition) is 3.